The highest BCUT2D eigenvalue weighted by Gasteiger charge is 2.44. The fourth-order valence-corrected chi connectivity index (χ4v) is 10.0. The minimum atomic E-state index is -1.90. The van der Waals surface area contributed by atoms with Crippen LogP contribution in [0.5, 0.6) is 0 Å². The van der Waals surface area contributed by atoms with E-state index in [9.17, 15) is 14.4 Å². The topological polar surface area (TPSA) is 84.5 Å². The van der Waals surface area contributed by atoms with E-state index in [0.29, 0.717) is 30.6 Å². The van der Waals surface area contributed by atoms with E-state index in [1.807, 2.05) is 24.3 Å². The average molecular weight is 624 g/mol. The Hall–Kier alpha value is -4.28. The fourth-order valence-electron chi connectivity index (χ4n) is 5.61. The maximum atomic E-state index is 12.9. The largest absolute Gasteiger partial charge is 0.469 e. The average Bonchev–Trinajstić information content (AvgIpc) is 3.08. The summed E-state index contributed by atoms with van der Waals surface area (Å²) < 4.78 is 4.64. The molecule has 0 atom stereocenters. The molecule has 0 aliphatic carbocycles. The summed E-state index contributed by atoms with van der Waals surface area (Å²) in [5, 5.41) is 9.99. The molecule has 0 aliphatic rings. The summed E-state index contributed by atoms with van der Waals surface area (Å²) in [6, 6.07) is 39.7. The number of esters is 1. The minimum absolute atomic E-state index is 0.0120. The highest BCUT2D eigenvalue weighted by Crippen LogP contribution is 2.55. The molecule has 0 aliphatic heterocycles. The third-order valence-corrected chi connectivity index (χ3v) is 12.5. The van der Waals surface area contributed by atoms with Crippen LogP contribution in [0.3, 0.4) is 0 Å². The molecule has 0 saturated carbocycles. The van der Waals surface area contributed by atoms with E-state index in [1.165, 1.54) is 23.0 Å². The molecule has 234 valence electrons. The molecule has 0 aromatic heterocycles. The fraction of sp³-hybridized carbons (Fsp3) is 0.289. The van der Waals surface area contributed by atoms with Gasteiger partial charge in [0.25, 0.3) is 0 Å². The Bertz CT molecular complexity index is 1380. The van der Waals surface area contributed by atoms with E-state index in [1.54, 1.807) is 0 Å². The second kappa shape index (κ2) is 17.9. The summed E-state index contributed by atoms with van der Waals surface area (Å²) in [4.78, 5) is 36.3. The number of nitrogens with one attached hydrogen (secondary N) is 2. The minimum Gasteiger partial charge on any atom is -0.469 e. The van der Waals surface area contributed by atoms with Crippen LogP contribution in [-0.4, -0.2) is 31.1 Å². The lowest BCUT2D eigenvalue weighted by molar-refractivity contribution is -0.140. The van der Waals surface area contributed by atoms with Crippen LogP contribution in [0.2, 0.25) is 0 Å². The molecule has 4 rings (SSSR count). The van der Waals surface area contributed by atoms with Crippen molar-refractivity contribution in [2.24, 2.45) is 0 Å². The van der Waals surface area contributed by atoms with Crippen LogP contribution in [-0.2, 0) is 19.1 Å². The molecule has 0 unspecified atom stereocenters. The van der Waals surface area contributed by atoms with Gasteiger partial charge in [-0.25, -0.2) is 0 Å². The van der Waals surface area contributed by atoms with Crippen molar-refractivity contribution >= 4 is 52.3 Å². The maximum absolute atomic E-state index is 12.9. The number of hydrogen-bond donors (Lipinski definition) is 2. The Morgan fingerprint density at radius 1 is 0.511 bits per heavy atom. The van der Waals surface area contributed by atoms with E-state index in [4.69, 9.17) is 0 Å². The summed E-state index contributed by atoms with van der Waals surface area (Å²) >= 11 is 0. The van der Waals surface area contributed by atoms with Gasteiger partial charge in [-0.15, -0.1) is 0 Å². The highest BCUT2D eigenvalue weighted by molar-refractivity contribution is 7.95. The van der Waals surface area contributed by atoms with Crippen LogP contribution in [0.15, 0.2) is 115 Å². The molecule has 0 spiro atoms. The van der Waals surface area contributed by atoms with Crippen molar-refractivity contribution in [1.82, 2.24) is 0 Å². The lowest BCUT2D eigenvalue weighted by Gasteiger charge is -2.27. The monoisotopic (exact) mass is 623 g/mol. The lowest BCUT2D eigenvalue weighted by atomic mass is 10.1. The Labute approximate surface area is 267 Å². The van der Waals surface area contributed by atoms with Gasteiger partial charge in [-0.05, 0) is 86.3 Å². The molecule has 2 amide bonds. The number of carbonyl (C=O) groups excluding carboxylic acids is 3. The first-order valence-electron chi connectivity index (χ1n) is 15.8. The quantitative estimate of drug-likeness (QED) is 0.0738. The first-order chi connectivity index (χ1) is 22.0. The number of hydrogen-bond acceptors (Lipinski definition) is 4. The van der Waals surface area contributed by atoms with Crippen LogP contribution in [0.1, 0.15) is 57.8 Å². The number of unbranched alkanes of at least 4 members (excludes halogenated alkanes) is 4. The van der Waals surface area contributed by atoms with E-state index in [2.05, 4.69) is 106 Å². The zero-order valence-corrected chi connectivity index (χ0v) is 27.0. The smallest absolute Gasteiger partial charge is 0.305 e. The van der Waals surface area contributed by atoms with E-state index in [0.717, 1.165) is 44.7 Å². The number of methoxy groups -OCH3 is 1. The van der Waals surface area contributed by atoms with Gasteiger partial charge >= 0.3 is 5.97 Å². The SMILES string of the molecule is COC(=O)CCCCCCC(=O)Nc1ccc(NC(=O)CCCC[P+](c2ccccc2)(c2ccccc2)c2ccccc2)cc1. The van der Waals surface area contributed by atoms with Crippen LogP contribution < -0.4 is 26.5 Å². The van der Waals surface area contributed by atoms with Gasteiger partial charge < -0.3 is 15.4 Å². The van der Waals surface area contributed by atoms with Crippen molar-refractivity contribution in [2.75, 3.05) is 23.9 Å². The summed E-state index contributed by atoms with van der Waals surface area (Å²) in [6.45, 7) is 0. The molecule has 0 saturated heterocycles. The molecular formula is C38H44N2O4P+. The highest BCUT2D eigenvalue weighted by atomic mass is 31.2. The van der Waals surface area contributed by atoms with Gasteiger partial charge in [0.1, 0.15) is 23.2 Å². The van der Waals surface area contributed by atoms with E-state index >= 15 is 0 Å². The van der Waals surface area contributed by atoms with Gasteiger partial charge in [0.15, 0.2) is 0 Å². The van der Waals surface area contributed by atoms with E-state index < -0.39 is 7.26 Å². The lowest BCUT2D eigenvalue weighted by Crippen LogP contribution is -2.33. The van der Waals surface area contributed by atoms with Crippen molar-refractivity contribution in [3.8, 4) is 0 Å². The molecule has 45 heavy (non-hydrogen) atoms. The number of benzene rings is 4. The van der Waals surface area contributed by atoms with Crippen LogP contribution in [0.4, 0.5) is 11.4 Å². The van der Waals surface area contributed by atoms with Gasteiger partial charge in [0.2, 0.25) is 11.8 Å². The van der Waals surface area contributed by atoms with Gasteiger partial charge in [0, 0.05) is 30.6 Å². The number of ether oxygens (including phenoxy) is 1. The molecule has 7 heteroatoms. The zero-order chi connectivity index (χ0) is 31.7. The van der Waals surface area contributed by atoms with Gasteiger partial charge in [-0.2, -0.15) is 0 Å². The van der Waals surface area contributed by atoms with Crippen molar-refractivity contribution in [1.29, 1.82) is 0 Å². The normalized spacial score (nSPS) is 11.0. The molecule has 0 bridgehead atoms. The van der Waals surface area contributed by atoms with Gasteiger partial charge in [-0.3, -0.25) is 14.4 Å². The number of amides is 2. The molecule has 4 aromatic rings. The van der Waals surface area contributed by atoms with Crippen molar-refractivity contribution in [3.05, 3.63) is 115 Å². The zero-order valence-electron chi connectivity index (χ0n) is 26.1. The molecular weight excluding hydrogens is 579 g/mol. The Balaban J connectivity index is 1.27. The van der Waals surface area contributed by atoms with Crippen molar-refractivity contribution < 1.29 is 19.1 Å². The molecule has 0 heterocycles. The van der Waals surface area contributed by atoms with Crippen LogP contribution in [0, 0.1) is 0 Å². The molecule has 4 aromatic carbocycles. The second-order valence-corrected chi connectivity index (χ2v) is 14.8. The first kappa shape index (κ1) is 33.6. The van der Waals surface area contributed by atoms with Crippen LogP contribution >= 0.6 is 7.26 Å². The summed E-state index contributed by atoms with van der Waals surface area (Å²) in [5.74, 6) is -0.247. The molecule has 0 radical (unpaired) electrons. The predicted octanol–water partition coefficient (Wildman–Crippen LogP) is 7.24. The van der Waals surface area contributed by atoms with E-state index in [-0.39, 0.29) is 17.8 Å². The first-order valence-corrected chi connectivity index (χ1v) is 17.8. The number of rotatable bonds is 17. The maximum Gasteiger partial charge on any atom is 0.305 e. The number of anilines is 2. The second-order valence-electron chi connectivity index (χ2n) is 11.2. The molecule has 2 N–H and O–H groups in total. The third kappa shape index (κ3) is 10.1. The van der Waals surface area contributed by atoms with Crippen molar-refractivity contribution in [2.45, 2.75) is 57.8 Å². The Morgan fingerprint density at radius 2 is 0.889 bits per heavy atom. The third-order valence-electron chi connectivity index (χ3n) is 7.95. The number of carbonyl (C=O) groups is 3. The van der Waals surface area contributed by atoms with Crippen molar-refractivity contribution in [3.63, 3.8) is 0 Å². The standard InChI is InChI=1S/C38H43N2O4P/c1-44-38(43)25-14-3-2-13-23-36(41)39-31-26-28-32(29-27-31)40-37(42)24-15-16-30-45(33-17-7-4-8-18-33,34-19-9-5-10-20-34)35-21-11-6-12-22-35/h4-12,17-22,26-29H,2-3,13-16,23-25,30H2,1H3,(H-,39,40,41,42)/p+1. The van der Waals surface area contributed by atoms with Gasteiger partial charge in [-0.1, -0.05) is 67.4 Å². The predicted molar refractivity (Wildman–Crippen MR) is 187 cm³/mol. The Kier molecular flexibility index (Phi) is 13.3. The van der Waals surface area contributed by atoms with Gasteiger partial charge in [0.05, 0.1) is 13.3 Å². The Morgan fingerprint density at radius 3 is 1.29 bits per heavy atom. The molecule has 6 nitrogen and oxygen atoms in total. The summed E-state index contributed by atoms with van der Waals surface area (Å²) in [6.07, 6.45) is 7.33. The molecule has 0 fully saturated rings. The summed E-state index contributed by atoms with van der Waals surface area (Å²) in [7, 11) is -0.504. The summed E-state index contributed by atoms with van der Waals surface area (Å²) in [5.41, 5.74) is 1.41. The van der Waals surface area contributed by atoms with Crippen LogP contribution in [0.25, 0.3) is 0 Å².